The minimum atomic E-state index is -1.08. The first-order valence-electron chi connectivity index (χ1n) is 8.18. The first kappa shape index (κ1) is 18.1. The zero-order chi connectivity index (χ0) is 19.2. The zero-order valence-electron chi connectivity index (χ0n) is 14.9. The van der Waals surface area contributed by atoms with Crippen LogP contribution in [0, 0.1) is 0 Å². The summed E-state index contributed by atoms with van der Waals surface area (Å²) in [7, 11) is 3.13. The van der Waals surface area contributed by atoms with Crippen LogP contribution in [-0.2, 0) is 0 Å². The number of hydrogen-bond acceptors (Lipinski definition) is 5. The van der Waals surface area contributed by atoms with Gasteiger partial charge in [0.2, 0.25) is 0 Å². The van der Waals surface area contributed by atoms with E-state index in [-0.39, 0.29) is 5.56 Å². The summed E-state index contributed by atoms with van der Waals surface area (Å²) >= 11 is 0. The molecule has 1 N–H and O–H groups in total. The minimum Gasteiger partial charge on any atom is -0.493 e. The molecule has 0 fully saturated rings. The number of ether oxygens (including phenoxy) is 2. The summed E-state index contributed by atoms with van der Waals surface area (Å²) in [4.78, 5) is 20.1. The maximum Gasteiger partial charge on any atom is 0.339 e. The van der Waals surface area contributed by atoms with E-state index in [4.69, 9.17) is 9.47 Å². The van der Waals surface area contributed by atoms with Gasteiger partial charge in [-0.25, -0.2) is 14.8 Å². The van der Waals surface area contributed by atoms with Crippen molar-refractivity contribution in [3.05, 3.63) is 71.5 Å². The molecule has 6 heteroatoms. The number of benzene rings is 2. The molecule has 0 spiro atoms. The van der Waals surface area contributed by atoms with Gasteiger partial charge < -0.3 is 14.6 Å². The average Bonchev–Trinajstić information content (AvgIpc) is 2.72. The number of rotatable bonds is 6. The third-order valence-electron chi connectivity index (χ3n) is 3.92. The van der Waals surface area contributed by atoms with Gasteiger partial charge in [-0.05, 0) is 23.8 Å². The second-order valence-corrected chi connectivity index (χ2v) is 5.61. The van der Waals surface area contributed by atoms with E-state index in [9.17, 15) is 9.90 Å². The molecule has 2 aromatic carbocycles. The average molecular weight is 362 g/mol. The Bertz CT molecular complexity index is 985. The van der Waals surface area contributed by atoms with Gasteiger partial charge >= 0.3 is 5.97 Å². The highest BCUT2D eigenvalue weighted by molar-refractivity contribution is 5.92. The normalized spacial score (nSPS) is 10.7. The van der Waals surface area contributed by atoms with Gasteiger partial charge in [0, 0.05) is 11.8 Å². The van der Waals surface area contributed by atoms with Crippen molar-refractivity contribution in [2.24, 2.45) is 0 Å². The molecule has 136 valence electrons. The molecule has 6 nitrogen and oxygen atoms in total. The summed E-state index contributed by atoms with van der Waals surface area (Å²) in [6.07, 6.45) is 4.75. The van der Waals surface area contributed by atoms with Crippen molar-refractivity contribution in [2.75, 3.05) is 14.2 Å². The molecule has 27 heavy (non-hydrogen) atoms. The van der Waals surface area contributed by atoms with E-state index in [1.165, 1.54) is 6.20 Å². The fourth-order valence-electron chi connectivity index (χ4n) is 2.54. The van der Waals surface area contributed by atoms with Crippen LogP contribution >= 0.6 is 0 Å². The number of nitrogens with zero attached hydrogens (tertiary/aromatic N) is 2. The van der Waals surface area contributed by atoms with Gasteiger partial charge in [0.1, 0.15) is 5.56 Å². The van der Waals surface area contributed by atoms with Crippen molar-refractivity contribution in [3.8, 4) is 22.9 Å². The molecule has 3 aromatic rings. The van der Waals surface area contributed by atoms with Crippen molar-refractivity contribution in [1.29, 1.82) is 0 Å². The molecule has 1 heterocycles. The van der Waals surface area contributed by atoms with Crippen molar-refractivity contribution >= 4 is 18.1 Å². The van der Waals surface area contributed by atoms with Crippen LogP contribution in [0.2, 0.25) is 0 Å². The number of carboxylic acid groups (broad SMARTS) is 1. The number of methoxy groups -OCH3 is 2. The lowest BCUT2D eigenvalue weighted by atomic mass is 10.1. The zero-order valence-corrected chi connectivity index (χ0v) is 14.9. The van der Waals surface area contributed by atoms with Crippen molar-refractivity contribution < 1.29 is 19.4 Å². The third kappa shape index (κ3) is 4.12. The van der Waals surface area contributed by atoms with Crippen LogP contribution in [-0.4, -0.2) is 35.3 Å². The first-order chi connectivity index (χ1) is 13.1. The predicted molar refractivity (Wildman–Crippen MR) is 103 cm³/mol. The summed E-state index contributed by atoms with van der Waals surface area (Å²) < 4.78 is 10.5. The Hall–Kier alpha value is -3.67. The monoisotopic (exact) mass is 362 g/mol. The van der Waals surface area contributed by atoms with Crippen LogP contribution in [0.5, 0.6) is 11.5 Å². The lowest BCUT2D eigenvalue weighted by Gasteiger charge is -2.08. The van der Waals surface area contributed by atoms with Gasteiger partial charge in [-0.3, -0.25) is 0 Å². The van der Waals surface area contributed by atoms with Crippen LogP contribution in [0.15, 0.2) is 54.7 Å². The Morgan fingerprint density at radius 3 is 2.41 bits per heavy atom. The molecule has 0 saturated carbocycles. The van der Waals surface area contributed by atoms with E-state index in [0.717, 1.165) is 11.1 Å². The van der Waals surface area contributed by atoms with Crippen LogP contribution in [0.25, 0.3) is 23.5 Å². The van der Waals surface area contributed by atoms with Gasteiger partial charge in [0.15, 0.2) is 17.3 Å². The largest absolute Gasteiger partial charge is 0.493 e. The van der Waals surface area contributed by atoms with Gasteiger partial charge in [0.05, 0.1) is 19.9 Å². The Labute approximate surface area is 156 Å². The highest BCUT2D eigenvalue weighted by Gasteiger charge is 2.12. The SMILES string of the molecule is COc1ccc(/C=C/c2nc(-c3ccccc3)ncc2C(=O)O)cc1OC. The molecule has 0 unspecified atom stereocenters. The van der Waals surface area contributed by atoms with Crippen molar-refractivity contribution in [1.82, 2.24) is 9.97 Å². The summed E-state index contributed by atoms with van der Waals surface area (Å²) in [6, 6.07) is 14.8. The molecule has 0 aliphatic carbocycles. The lowest BCUT2D eigenvalue weighted by molar-refractivity contribution is 0.0695. The van der Waals surface area contributed by atoms with Gasteiger partial charge in [0.25, 0.3) is 0 Å². The van der Waals surface area contributed by atoms with Crippen LogP contribution < -0.4 is 9.47 Å². The molecular weight excluding hydrogens is 344 g/mol. The van der Waals surface area contributed by atoms with Gasteiger partial charge in [-0.2, -0.15) is 0 Å². The third-order valence-corrected chi connectivity index (χ3v) is 3.92. The highest BCUT2D eigenvalue weighted by Crippen LogP contribution is 2.28. The van der Waals surface area contributed by atoms with Crippen LogP contribution in [0.1, 0.15) is 21.6 Å². The minimum absolute atomic E-state index is 0.0337. The molecule has 3 rings (SSSR count). The molecule has 0 bridgehead atoms. The quantitative estimate of drug-likeness (QED) is 0.713. The fraction of sp³-hybridized carbons (Fsp3) is 0.0952. The molecule has 0 aliphatic rings. The molecule has 0 aliphatic heterocycles. The van der Waals surface area contributed by atoms with E-state index < -0.39 is 5.97 Å². The van der Waals surface area contributed by atoms with Crippen molar-refractivity contribution in [2.45, 2.75) is 0 Å². The molecule has 1 aromatic heterocycles. The Balaban J connectivity index is 1.99. The van der Waals surface area contributed by atoms with E-state index in [2.05, 4.69) is 9.97 Å². The smallest absolute Gasteiger partial charge is 0.339 e. The second kappa shape index (κ2) is 8.14. The molecule has 0 amide bonds. The van der Waals surface area contributed by atoms with Gasteiger partial charge in [-0.1, -0.05) is 42.5 Å². The van der Waals surface area contributed by atoms with Gasteiger partial charge in [-0.15, -0.1) is 0 Å². The lowest BCUT2D eigenvalue weighted by Crippen LogP contribution is -2.04. The first-order valence-corrected chi connectivity index (χ1v) is 8.18. The second-order valence-electron chi connectivity index (χ2n) is 5.61. The topological polar surface area (TPSA) is 81.5 Å². The standard InChI is InChI=1S/C21H18N2O4/c1-26-18-11-9-14(12-19(18)27-2)8-10-17-16(21(24)25)13-22-20(23-17)15-6-4-3-5-7-15/h3-13H,1-2H3,(H,24,25)/b10-8+. The molecule has 0 saturated heterocycles. The maximum atomic E-state index is 11.5. The summed E-state index contributed by atoms with van der Waals surface area (Å²) in [5, 5.41) is 9.42. The van der Waals surface area contributed by atoms with E-state index >= 15 is 0 Å². The number of carbonyl (C=O) groups is 1. The molecular formula is C21H18N2O4. The fourth-order valence-corrected chi connectivity index (χ4v) is 2.54. The predicted octanol–water partition coefficient (Wildman–Crippen LogP) is 4.03. The summed E-state index contributed by atoms with van der Waals surface area (Å²) in [5.74, 6) is 0.592. The van der Waals surface area contributed by atoms with Crippen LogP contribution in [0.4, 0.5) is 0 Å². The Morgan fingerprint density at radius 2 is 1.74 bits per heavy atom. The molecule has 0 atom stereocenters. The highest BCUT2D eigenvalue weighted by atomic mass is 16.5. The van der Waals surface area contributed by atoms with Crippen LogP contribution in [0.3, 0.4) is 0 Å². The maximum absolute atomic E-state index is 11.5. The Kier molecular flexibility index (Phi) is 5.47. The number of aromatic nitrogens is 2. The van der Waals surface area contributed by atoms with E-state index in [1.54, 1.807) is 38.5 Å². The summed E-state index contributed by atoms with van der Waals surface area (Å²) in [6.45, 7) is 0. The summed E-state index contributed by atoms with van der Waals surface area (Å²) in [5.41, 5.74) is 2.00. The number of hydrogen-bond donors (Lipinski definition) is 1. The number of carboxylic acids is 1. The number of aromatic carboxylic acids is 1. The van der Waals surface area contributed by atoms with E-state index in [1.807, 2.05) is 36.4 Å². The molecule has 0 radical (unpaired) electrons. The van der Waals surface area contributed by atoms with E-state index in [0.29, 0.717) is 23.0 Å². The Morgan fingerprint density at radius 1 is 1.00 bits per heavy atom. The van der Waals surface area contributed by atoms with Crippen molar-refractivity contribution in [3.63, 3.8) is 0 Å².